The molecule has 0 saturated carbocycles. The Hall–Kier alpha value is -3.55. The Bertz CT molecular complexity index is 1100. The quantitative estimate of drug-likeness (QED) is 0.510. The van der Waals surface area contributed by atoms with Crippen LogP contribution in [0.1, 0.15) is 12.8 Å². The van der Waals surface area contributed by atoms with Crippen LogP contribution in [0, 0.1) is 5.41 Å². The van der Waals surface area contributed by atoms with E-state index in [1.165, 1.54) is 0 Å². The minimum Gasteiger partial charge on any atom is -0.367 e. The maximum absolute atomic E-state index is 12.2. The Morgan fingerprint density at radius 1 is 1.32 bits per heavy atom. The number of allylic oxidation sites excluding steroid dienone is 2. The fourth-order valence-corrected chi connectivity index (χ4v) is 3.13. The summed E-state index contributed by atoms with van der Waals surface area (Å²) in [6, 6.07) is 5.75. The highest BCUT2D eigenvalue weighted by Gasteiger charge is 2.18. The summed E-state index contributed by atoms with van der Waals surface area (Å²) in [5.74, 6) is 0.507. The van der Waals surface area contributed by atoms with Gasteiger partial charge in [0.15, 0.2) is 11.6 Å². The fraction of sp³-hybridized carbons (Fsp3) is 0.250. The summed E-state index contributed by atoms with van der Waals surface area (Å²) >= 11 is 0. The molecule has 1 aliphatic carbocycles. The number of hydrogen-bond donors (Lipinski definition) is 2. The number of aryl methyl sites for hydroxylation is 2. The van der Waals surface area contributed by atoms with Crippen molar-refractivity contribution in [2.45, 2.75) is 19.4 Å². The van der Waals surface area contributed by atoms with E-state index in [1.54, 1.807) is 16.7 Å². The van der Waals surface area contributed by atoms with Crippen LogP contribution >= 0.6 is 0 Å². The number of Topliss-reactive ketones (excluding diaryl/α,β-unsaturated/α-hetero) is 1. The minimum absolute atomic E-state index is 0.0889. The van der Waals surface area contributed by atoms with Crippen molar-refractivity contribution in [3.05, 3.63) is 55.3 Å². The van der Waals surface area contributed by atoms with Crippen molar-refractivity contribution in [3.8, 4) is 0 Å². The second-order valence-corrected chi connectivity index (χ2v) is 6.78. The number of aliphatic imine (C=N–C) groups is 1. The predicted octanol–water partition coefficient (Wildman–Crippen LogP) is 2.08. The maximum atomic E-state index is 12.2. The molecule has 8 heteroatoms. The van der Waals surface area contributed by atoms with Crippen molar-refractivity contribution in [1.29, 1.82) is 5.41 Å². The molecule has 28 heavy (non-hydrogen) atoms. The lowest BCUT2D eigenvalue weighted by molar-refractivity contribution is -0.671. The van der Waals surface area contributed by atoms with Gasteiger partial charge in [-0.3, -0.25) is 4.79 Å². The number of imidazole rings is 1. The number of nitrogens with zero attached hydrogens (tertiary/aromatic N) is 5. The predicted molar refractivity (Wildman–Crippen MR) is 107 cm³/mol. The highest BCUT2D eigenvalue weighted by atomic mass is 16.1. The third-order valence-corrected chi connectivity index (χ3v) is 4.53. The van der Waals surface area contributed by atoms with Gasteiger partial charge in [-0.15, -0.1) is 5.10 Å². The number of nitrogens with one attached hydrogen (secondary N) is 2. The van der Waals surface area contributed by atoms with Gasteiger partial charge in [0.25, 0.3) is 0 Å². The third kappa shape index (κ3) is 3.75. The fourth-order valence-electron chi connectivity index (χ4n) is 3.13. The number of fused-ring (bicyclic) bond motifs is 1. The first-order valence-corrected chi connectivity index (χ1v) is 9.20. The van der Waals surface area contributed by atoms with Crippen LogP contribution in [0.2, 0.25) is 0 Å². The normalized spacial score (nSPS) is 15.7. The van der Waals surface area contributed by atoms with Crippen LogP contribution < -0.4 is 9.88 Å². The van der Waals surface area contributed by atoms with E-state index in [9.17, 15) is 4.79 Å². The average molecular weight is 376 g/mol. The van der Waals surface area contributed by atoms with Crippen LogP contribution in [0.5, 0.6) is 0 Å². The minimum atomic E-state index is -0.144. The molecular formula is C20H22N7O+. The summed E-state index contributed by atoms with van der Waals surface area (Å²) in [4.78, 5) is 16.8. The van der Waals surface area contributed by atoms with Gasteiger partial charge < -0.3 is 10.7 Å². The summed E-state index contributed by atoms with van der Waals surface area (Å²) < 4.78 is 5.90. The van der Waals surface area contributed by atoms with Gasteiger partial charge in [-0.05, 0) is 24.3 Å². The van der Waals surface area contributed by atoms with Gasteiger partial charge in [0, 0.05) is 24.9 Å². The van der Waals surface area contributed by atoms with Gasteiger partial charge >= 0.3 is 0 Å². The van der Waals surface area contributed by atoms with E-state index in [0.717, 1.165) is 25.0 Å². The highest BCUT2D eigenvalue weighted by molar-refractivity contribution is 6.50. The first-order valence-electron chi connectivity index (χ1n) is 9.20. The summed E-state index contributed by atoms with van der Waals surface area (Å²) in [5.41, 5.74) is 2.14. The molecule has 0 spiro atoms. The number of rotatable bonds is 6. The van der Waals surface area contributed by atoms with Crippen molar-refractivity contribution in [3.63, 3.8) is 0 Å². The topological polar surface area (TPSA) is 91.4 Å². The molecule has 1 aliphatic rings. The zero-order valence-corrected chi connectivity index (χ0v) is 15.7. The second kappa shape index (κ2) is 7.59. The number of carbonyl (C=O) groups excluding carboxylic acids is 1. The van der Waals surface area contributed by atoms with E-state index < -0.39 is 0 Å². The molecule has 0 bridgehead atoms. The van der Waals surface area contributed by atoms with Crippen LogP contribution in [0.4, 0.5) is 11.5 Å². The van der Waals surface area contributed by atoms with Crippen molar-refractivity contribution in [1.82, 2.24) is 14.2 Å². The number of ketones is 1. The Labute approximate surface area is 162 Å². The molecular weight excluding hydrogens is 354 g/mol. The van der Waals surface area contributed by atoms with Gasteiger partial charge in [-0.2, -0.15) is 0 Å². The van der Waals surface area contributed by atoms with Crippen molar-refractivity contribution < 1.29 is 9.36 Å². The molecule has 3 aromatic heterocycles. The third-order valence-electron chi connectivity index (χ3n) is 4.53. The molecule has 0 saturated heterocycles. The van der Waals surface area contributed by atoms with E-state index in [1.807, 2.05) is 54.7 Å². The Morgan fingerprint density at radius 2 is 2.21 bits per heavy atom. The summed E-state index contributed by atoms with van der Waals surface area (Å²) in [6.45, 7) is 1.63. The Kier molecular flexibility index (Phi) is 4.84. The molecule has 142 valence electrons. The van der Waals surface area contributed by atoms with E-state index in [2.05, 4.69) is 20.0 Å². The molecule has 3 aromatic rings. The first-order chi connectivity index (χ1) is 13.6. The molecule has 0 fully saturated rings. The molecule has 0 aromatic carbocycles. The average Bonchev–Trinajstić information content (AvgIpc) is 3.24. The SMILES string of the molecule is C[n+]1ccn(CCCNc2nn3ccccc3c2N=C2C=CC(=N)CC2=O)c1. The van der Waals surface area contributed by atoms with Gasteiger partial charge in [0.2, 0.25) is 6.33 Å². The van der Waals surface area contributed by atoms with Gasteiger partial charge in [-0.1, -0.05) is 6.07 Å². The number of anilines is 1. The largest absolute Gasteiger partial charge is 0.367 e. The summed E-state index contributed by atoms with van der Waals surface area (Å²) in [6.07, 6.45) is 12.2. The highest BCUT2D eigenvalue weighted by Crippen LogP contribution is 2.30. The van der Waals surface area contributed by atoms with Gasteiger partial charge in [0.05, 0.1) is 25.5 Å². The van der Waals surface area contributed by atoms with E-state index in [-0.39, 0.29) is 12.2 Å². The zero-order chi connectivity index (χ0) is 19.5. The molecule has 0 amide bonds. The lowest BCUT2D eigenvalue weighted by atomic mass is 10.0. The maximum Gasteiger partial charge on any atom is 0.243 e. The molecule has 0 radical (unpaired) electrons. The Morgan fingerprint density at radius 3 is 3.00 bits per heavy atom. The molecule has 2 N–H and O–H groups in total. The van der Waals surface area contributed by atoms with Crippen molar-refractivity contribution in [2.24, 2.45) is 12.0 Å². The number of carbonyl (C=O) groups is 1. The van der Waals surface area contributed by atoms with Crippen LogP contribution in [-0.2, 0) is 18.4 Å². The number of pyridine rings is 1. The van der Waals surface area contributed by atoms with Crippen molar-refractivity contribution >= 4 is 34.2 Å². The molecule has 0 unspecified atom stereocenters. The molecule has 0 aliphatic heterocycles. The van der Waals surface area contributed by atoms with E-state index >= 15 is 0 Å². The number of aromatic nitrogens is 4. The van der Waals surface area contributed by atoms with Crippen LogP contribution in [0.25, 0.3) is 5.52 Å². The summed E-state index contributed by atoms with van der Waals surface area (Å²) in [5, 5.41) is 15.6. The summed E-state index contributed by atoms with van der Waals surface area (Å²) in [7, 11) is 2.00. The lowest BCUT2D eigenvalue weighted by Crippen LogP contribution is -2.23. The Balaban J connectivity index is 1.56. The standard InChI is InChI=1S/C20H22N7O/c1-25-11-12-26(14-25)9-4-8-22-20-19(17-5-2-3-10-27(17)24-20)23-16-7-6-15(21)13-18(16)28/h2-3,5-7,10-12,14,21H,4,8-9,13H2,1H3,(H,22,24)/q+1. The number of hydrogen-bond acceptors (Lipinski definition) is 5. The monoisotopic (exact) mass is 376 g/mol. The molecule has 4 rings (SSSR count). The van der Waals surface area contributed by atoms with E-state index in [0.29, 0.717) is 22.9 Å². The lowest BCUT2D eigenvalue weighted by Gasteiger charge is -2.07. The van der Waals surface area contributed by atoms with Crippen LogP contribution in [0.3, 0.4) is 0 Å². The smallest absolute Gasteiger partial charge is 0.243 e. The molecule has 0 atom stereocenters. The van der Waals surface area contributed by atoms with Crippen molar-refractivity contribution in [2.75, 3.05) is 11.9 Å². The second-order valence-electron chi connectivity index (χ2n) is 6.78. The van der Waals surface area contributed by atoms with Gasteiger partial charge in [0.1, 0.15) is 23.8 Å². The molecule has 8 nitrogen and oxygen atoms in total. The first kappa shape index (κ1) is 17.8. The zero-order valence-electron chi connectivity index (χ0n) is 15.7. The van der Waals surface area contributed by atoms with E-state index in [4.69, 9.17) is 5.41 Å². The van der Waals surface area contributed by atoms with Crippen LogP contribution in [0.15, 0.2) is 60.3 Å². The van der Waals surface area contributed by atoms with Gasteiger partial charge in [-0.25, -0.2) is 18.6 Å². The molecule has 3 heterocycles. The van der Waals surface area contributed by atoms with Crippen LogP contribution in [-0.4, -0.2) is 37.9 Å².